The highest BCUT2D eigenvalue weighted by molar-refractivity contribution is 7.91. The maximum Gasteiger partial charge on any atom is 0.225 e. The van der Waals surface area contributed by atoms with Crippen molar-refractivity contribution >= 4 is 31.6 Å². The quantitative estimate of drug-likeness (QED) is 0.0785. The molecule has 6 aromatic heterocycles. The second kappa shape index (κ2) is 26.5. The number of hydrogen-bond acceptors (Lipinski definition) is 22. The van der Waals surface area contributed by atoms with Gasteiger partial charge in [0.1, 0.15) is 45.9 Å². The number of methoxy groups -OCH3 is 4. The van der Waals surface area contributed by atoms with E-state index in [4.69, 9.17) is 28.4 Å². The number of benzene rings is 2. The minimum absolute atomic E-state index is 0.105. The van der Waals surface area contributed by atoms with Gasteiger partial charge in [-0.15, -0.1) is 20.4 Å². The van der Waals surface area contributed by atoms with Gasteiger partial charge in [-0.1, -0.05) is 12.1 Å². The molecule has 10 rings (SSSR count). The molecule has 2 fully saturated rings. The van der Waals surface area contributed by atoms with E-state index in [-0.39, 0.29) is 61.7 Å². The molecule has 8 heterocycles. The Balaban J connectivity index is 0.000000202. The van der Waals surface area contributed by atoms with Gasteiger partial charge in [-0.3, -0.25) is 19.1 Å². The molecule has 28 heteroatoms. The van der Waals surface area contributed by atoms with Gasteiger partial charge in [-0.05, 0) is 89.1 Å². The molecule has 8 aromatic rings. The van der Waals surface area contributed by atoms with Gasteiger partial charge in [0.15, 0.2) is 54.6 Å². The molecule has 24 nitrogen and oxygen atoms in total. The van der Waals surface area contributed by atoms with Crippen LogP contribution < -0.4 is 28.7 Å². The zero-order valence-electron chi connectivity index (χ0n) is 47.4. The maximum atomic E-state index is 14.1. The van der Waals surface area contributed by atoms with E-state index < -0.39 is 65.5 Å². The molecule has 2 aliphatic rings. The fraction of sp³-hybridized carbons (Fsp3) is 0.393. The summed E-state index contributed by atoms with van der Waals surface area (Å²) in [5.41, 5.74) is 2.18. The Kier molecular flexibility index (Phi) is 19.0. The van der Waals surface area contributed by atoms with Crippen LogP contribution in [0.25, 0.3) is 34.2 Å². The number of ether oxygens (including phenoxy) is 6. The molecule has 0 aliphatic carbocycles. The number of hydrogen-bond donors (Lipinski definition) is 0. The Morgan fingerprint density at radius 1 is 0.500 bits per heavy atom. The third-order valence-corrected chi connectivity index (χ3v) is 17.7. The van der Waals surface area contributed by atoms with Crippen LogP contribution in [0, 0.1) is 11.6 Å². The SMILES string of the molecule is COc1cccc(OC)c1-n1c(CS(=O)(=O)[C@@H]2C[C@H](OC(C)C)CN(c3ncc(F)cn3)C2)nnc1-c1cccnc1.COc1cccc(OC)c1-n1c(CS(=O)(=O)[C@H]2C[C@@H](OC(C)C)CN(c3ncc(F)cn3)C2)nnc1-c1cccnc1. The molecule has 0 spiro atoms. The lowest BCUT2D eigenvalue weighted by Crippen LogP contribution is -2.51. The minimum atomic E-state index is -3.86. The van der Waals surface area contributed by atoms with Crippen molar-refractivity contribution in [1.82, 2.24) is 59.4 Å². The van der Waals surface area contributed by atoms with Crippen molar-refractivity contribution in [2.45, 2.75) is 87.0 Å². The van der Waals surface area contributed by atoms with Gasteiger partial charge in [-0.2, -0.15) is 0 Å². The number of aromatic nitrogens is 12. The molecule has 0 amide bonds. The van der Waals surface area contributed by atoms with Crippen molar-refractivity contribution in [3.8, 4) is 57.1 Å². The summed E-state index contributed by atoms with van der Waals surface area (Å²) in [6.45, 7) is 8.51. The molecule has 0 N–H and O–H groups in total. The van der Waals surface area contributed by atoms with Crippen LogP contribution in [0.3, 0.4) is 0 Å². The molecule has 4 atom stereocenters. The van der Waals surface area contributed by atoms with Gasteiger partial charge in [0.25, 0.3) is 0 Å². The fourth-order valence-electron chi connectivity index (χ4n) is 10.1. The number of pyridine rings is 2. The van der Waals surface area contributed by atoms with E-state index in [0.29, 0.717) is 70.2 Å². The van der Waals surface area contributed by atoms with Gasteiger partial charge in [0, 0.05) is 62.1 Å². The van der Waals surface area contributed by atoms with E-state index in [2.05, 4.69) is 50.3 Å². The largest absolute Gasteiger partial charge is 0.494 e. The average molecular weight is 1200 g/mol. The monoisotopic (exact) mass is 1190 g/mol. The van der Waals surface area contributed by atoms with Crippen LogP contribution in [0.4, 0.5) is 20.7 Å². The van der Waals surface area contributed by atoms with E-state index in [1.807, 2.05) is 39.8 Å². The summed E-state index contributed by atoms with van der Waals surface area (Å²) in [5, 5.41) is 15.7. The van der Waals surface area contributed by atoms with Crippen LogP contribution in [0.1, 0.15) is 52.2 Å². The zero-order valence-corrected chi connectivity index (χ0v) is 49.1. The lowest BCUT2D eigenvalue weighted by Gasteiger charge is -2.38. The van der Waals surface area contributed by atoms with E-state index in [1.165, 1.54) is 28.4 Å². The Morgan fingerprint density at radius 3 is 1.17 bits per heavy atom. The number of halogens is 2. The molecular weight excluding hydrogens is 1130 g/mol. The number of sulfone groups is 2. The van der Waals surface area contributed by atoms with Gasteiger partial charge in [0.05, 0.1) is 88.1 Å². The second-order valence-electron chi connectivity index (χ2n) is 20.2. The zero-order chi connectivity index (χ0) is 59.7. The van der Waals surface area contributed by atoms with Gasteiger partial charge in [-0.25, -0.2) is 45.6 Å². The highest BCUT2D eigenvalue weighted by Crippen LogP contribution is 2.39. The Labute approximate surface area is 485 Å². The maximum absolute atomic E-state index is 14.1. The Bertz CT molecular complexity index is 3430. The molecule has 84 heavy (non-hydrogen) atoms. The summed E-state index contributed by atoms with van der Waals surface area (Å²) in [6.07, 6.45) is 10.2. The van der Waals surface area contributed by atoms with E-state index >= 15 is 0 Å². The van der Waals surface area contributed by atoms with Crippen LogP contribution in [0.15, 0.2) is 110 Å². The summed E-state index contributed by atoms with van der Waals surface area (Å²) in [6, 6.07) is 17.7. The highest BCUT2D eigenvalue weighted by atomic mass is 32.2. The summed E-state index contributed by atoms with van der Waals surface area (Å²) >= 11 is 0. The topological polar surface area (TPSA) is 269 Å². The molecule has 0 unspecified atom stereocenters. The molecule has 2 aliphatic heterocycles. The van der Waals surface area contributed by atoms with Crippen molar-refractivity contribution in [3.05, 3.63) is 134 Å². The number of para-hydroxylation sites is 2. The van der Waals surface area contributed by atoms with Crippen molar-refractivity contribution in [3.63, 3.8) is 0 Å². The van der Waals surface area contributed by atoms with Gasteiger partial charge < -0.3 is 38.2 Å². The standard InChI is InChI=1S/2C28H32FN7O5S/c2*1-18(2)41-21-11-22(16-35(15-21)28-31-13-20(29)14-32-28)42(37,38)17-25-33-34-27(19-7-6-10-30-12-19)36(25)26-23(39-3)8-5-9-24(26)40-4/h2*5-10,12-14,18,21-22H,11,15-17H2,1-4H3/t2*21-,22+/m10/s1. The first-order valence-corrected chi connectivity index (χ1v) is 30.1. The summed E-state index contributed by atoms with van der Waals surface area (Å²) in [4.78, 5) is 28.1. The molecule has 2 aromatic carbocycles. The smallest absolute Gasteiger partial charge is 0.225 e. The Hall–Kier alpha value is -8.34. The molecule has 0 saturated carbocycles. The number of piperidine rings is 2. The van der Waals surface area contributed by atoms with Crippen LogP contribution >= 0.6 is 0 Å². The lowest BCUT2D eigenvalue weighted by atomic mass is 10.1. The second-order valence-corrected chi connectivity index (χ2v) is 24.8. The van der Waals surface area contributed by atoms with E-state index in [9.17, 15) is 25.6 Å². The highest BCUT2D eigenvalue weighted by Gasteiger charge is 2.41. The first kappa shape index (κ1) is 60.3. The number of nitrogens with zero attached hydrogens (tertiary/aromatic N) is 14. The average Bonchev–Trinajstić information content (AvgIpc) is 3.37. The van der Waals surface area contributed by atoms with Crippen LogP contribution in [-0.4, -0.2) is 166 Å². The molecule has 444 valence electrons. The summed E-state index contributed by atoms with van der Waals surface area (Å²) < 4.78 is 121. The fourth-order valence-corrected chi connectivity index (χ4v) is 13.5. The van der Waals surface area contributed by atoms with E-state index in [1.54, 1.807) is 92.3 Å². The molecular formula is C56H64F2N14O10S2. The molecule has 2 saturated heterocycles. The predicted octanol–water partition coefficient (Wildman–Crippen LogP) is 6.53. The predicted molar refractivity (Wildman–Crippen MR) is 306 cm³/mol. The number of rotatable bonds is 20. The van der Waals surface area contributed by atoms with E-state index in [0.717, 1.165) is 24.8 Å². The minimum Gasteiger partial charge on any atom is -0.494 e. The van der Waals surface area contributed by atoms with Crippen molar-refractivity contribution < 1.29 is 54.0 Å². The van der Waals surface area contributed by atoms with Crippen molar-refractivity contribution in [2.75, 3.05) is 64.4 Å². The van der Waals surface area contributed by atoms with Gasteiger partial charge in [0.2, 0.25) is 11.9 Å². The van der Waals surface area contributed by atoms with Crippen molar-refractivity contribution in [2.24, 2.45) is 0 Å². The number of anilines is 2. The van der Waals surface area contributed by atoms with Gasteiger partial charge >= 0.3 is 0 Å². The third-order valence-electron chi connectivity index (χ3n) is 13.7. The summed E-state index contributed by atoms with van der Waals surface area (Å²) in [5.74, 6) is 1.32. The van der Waals surface area contributed by atoms with Crippen LogP contribution in [0.5, 0.6) is 23.0 Å². The van der Waals surface area contributed by atoms with Crippen LogP contribution in [-0.2, 0) is 40.7 Å². The molecule has 0 bridgehead atoms. The Morgan fingerprint density at radius 2 is 0.857 bits per heavy atom. The summed E-state index contributed by atoms with van der Waals surface area (Å²) in [7, 11) is -1.65. The lowest BCUT2D eigenvalue weighted by molar-refractivity contribution is 0.00120. The van der Waals surface area contributed by atoms with Crippen molar-refractivity contribution in [1.29, 1.82) is 0 Å². The third kappa shape index (κ3) is 13.8. The first-order valence-electron chi connectivity index (χ1n) is 26.7. The first-order chi connectivity index (χ1) is 40.4. The van der Waals surface area contributed by atoms with Crippen LogP contribution in [0.2, 0.25) is 0 Å². The molecule has 0 radical (unpaired) electrons. The normalized spacial score (nSPS) is 17.4.